The molecule has 0 atom stereocenters. The van der Waals surface area contributed by atoms with Gasteiger partial charge in [-0.2, -0.15) is 0 Å². The topological polar surface area (TPSA) is 72.9 Å². The Morgan fingerprint density at radius 3 is 2.80 bits per heavy atom. The molecular weight excluding hydrogens is 252 g/mol. The van der Waals surface area contributed by atoms with Gasteiger partial charge in [0.1, 0.15) is 5.69 Å². The second kappa shape index (κ2) is 4.67. The maximum atomic E-state index is 12.4. The summed E-state index contributed by atoms with van der Waals surface area (Å²) < 4.78 is 1.97. The van der Waals surface area contributed by atoms with E-state index in [-0.39, 0.29) is 5.91 Å². The lowest BCUT2D eigenvalue weighted by Crippen LogP contribution is -2.17. The van der Waals surface area contributed by atoms with Gasteiger partial charge in [-0.25, -0.2) is 0 Å². The number of nitrogens with one attached hydrogen (secondary N) is 1. The molecule has 5 heteroatoms. The van der Waals surface area contributed by atoms with Gasteiger partial charge in [-0.1, -0.05) is 0 Å². The van der Waals surface area contributed by atoms with Gasteiger partial charge in [-0.05, 0) is 44.9 Å². The minimum atomic E-state index is -0.137. The molecule has 0 aliphatic heterocycles. The second-order valence-corrected chi connectivity index (χ2v) is 5.34. The number of pyridine rings is 1. The molecule has 2 heterocycles. The Morgan fingerprint density at radius 2 is 2.15 bits per heavy atom. The predicted octanol–water partition coefficient (Wildman–Crippen LogP) is 2.67. The summed E-state index contributed by atoms with van der Waals surface area (Å²) in [6, 6.07) is 5.91. The van der Waals surface area contributed by atoms with E-state index in [0.717, 1.165) is 29.9 Å². The van der Waals surface area contributed by atoms with E-state index >= 15 is 0 Å². The third-order valence-corrected chi connectivity index (χ3v) is 3.52. The van der Waals surface area contributed by atoms with Gasteiger partial charge in [0, 0.05) is 17.9 Å². The molecule has 3 N–H and O–H groups in total. The molecule has 104 valence electrons. The van der Waals surface area contributed by atoms with E-state index in [0.29, 0.717) is 17.4 Å². The number of nitrogens with two attached hydrogens (primary N) is 1. The molecule has 0 radical (unpaired) electrons. The number of nitrogens with zero attached hydrogens (tertiary/aromatic N) is 2. The van der Waals surface area contributed by atoms with Crippen molar-refractivity contribution in [3.63, 3.8) is 0 Å². The predicted molar refractivity (Wildman–Crippen MR) is 78.8 cm³/mol. The molecule has 1 amide bonds. The number of nitrogen functional groups attached to an aromatic ring is 1. The van der Waals surface area contributed by atoms with Crippen molar-refractivity contribution in [3.8, 4) is 0 Å². The number of amides is 1. The van der Waals surface area contributed by atoms with E-state index in [1.54, 1.807) is 6.07 Å². The van der Waals surface area contributed by atoms with Crippen LogP contribution in [0.3, 0.4) is 0 Å². The first kappa shape index (κ1) is 12.7. The number of carbonyl (C=O) groups excluding carboxylic acids is 1. The van der Waals surface area contributed by atoms with Crippen molar-refractivity contribution < 1.29 is 4.79 Å². The first-order valence-electron chi connectivity index (χ1n) is 6.77. The van der Waals surface area contributed by atoms with Crippen LogP contribution in [0.25, 0.3) is 0 Å². The smallest absolute Gasteiger partial charge is 0.272 e. The van der Waals surface area contributed by atoms with E-state index in [4.69, 9.17) is 5.73 Å². The fourth-order valence-corrected chi connectivity index (χ4v) is 2.34. The number of aromatic nitrogens is 2. The third kappa shape index (κ3) is 2.39. The quantitative estimate of drug-likeness (QED) is 0.900. The zero-order chi connectivity index (χ0) is 14.3. The molecule has 5 nitrogen and oxygen atoms in total. The molecule has 1 saturated carbocycles. The van der Waals surface area contributed by atoms with Gasteiger partial charge < -0.3 is 15.6 Å². The highest BCUT2D eigenvalue weighted by Gasteiger charge is 2.27. The Balaban J connectivity index is 1.86. The number of rotatable bonds is 3. The van der Waals surface area contributed by atoms with E-state index in [1.165, 1.54) is 0 Å². The molecule has 1 fully saturated rings. The highest BCUT2D eigenvalue weighted by atomic mass is 16.2. The SMILES string of the molecule is Cc1ccc(NC(=O)c2cc(N)cn2C2CC2)c(C)n1. The van der Waals surface area contributed by atoms with Crippen LogP contribution in [-0.2, 0) is 0 Å². The van der Waals surface area contributed by atoms with Crippen LogP contribution in [-0.4, -0.2) is 15.5 Å². The van der Waals surface area contributed by atoms with Crippen LogP contribution >= 0.6 is 0 Å². The molecule has 0 aromatic carbocycles. The number of anilines is 2. The average Bonchev–Trinajstić information content (AvgIpc) is 3.16. The van der Waals surface area contributed by atoms with Crippen molar-refractivity contribution in [2.24, 2.45) is 0 Å². The molecule has 0 unspecified atom stereocenters. The van der Waals surface area contributed by atoms with Crippen molar-refractivity contribution >= 4 is 17.3 Å². The van der Waals surface area contributed by atoms with E-state index in [9.17, 15) is 4.79 Å². The third-order valence-electron chi connectivity index (χ3n) is 3.52. The fraction of sp³-hybridized carbons (Fsp3) is 0.333. The van der Waals surface area contributed by atoms with Crippen molar-refractivity contribution in [1.82, 2.24) is 9.55 Å². The molecule has 0 bridgehead atoms. The van der Waals surface area contributed by atoms with E-state index in [1.807, 2.05) is 36.7 Å². The van der Waals surface area contributed by atoms with Gasteiger partial charge >= 0.3 is 0 Å². The Kier molecular flexibility index (Phi) is 2.97. The van der Waals surface area contributed by atoms with E-state index < -0.39 is 0 Å². The van der Waals surface area contributed by atoms with Crippen molar-refractivity contribution in [1.29, 1.82) is 0 Å². The molecule has 1 aliphatic rings. The lowest BCUT2D eigenvalue weighted by molar-refractivity contribution is 0.101. The first-order chi connectivity index (χ1) is 9.54. The molecule has 0 saturated heterocycles. The molecule has 2 aromatic rings. The normalized spacial score (nSPS) is 14.3. The zero-order valence-corrected chi connectivity index (χ0v) is 11.7. The van der Waals surface area contributed by atoms with Crippen LogP contribution in [0.2, 0.25) is 0 Å². The van der Waals surface area contributed by atoms with Gasteiger partial charge in [0.15, 0.2) is 0 Å². The first-order valence-corrected chi connectivity index (χ1v) is 6.77. The Labute approximate surface area is 117 Å². The van der Waals surface area contributed by atoms with Crippen LogP contribution < -0.4 is 11.1 Å². The Bertz CT molecular complexity index is 671. The molecule has 20 heavy (non-hydrogen) atoms. The van der Waals surface area contributed by atoms with Gasteiger partial charge in [0.2, 0.25) is 0 Å². The Morgan fingerprint density at radius 1 is 1.40 bits per heavy atom. The monoisotopic (exact) mass is 270 g/mol. The number of aryl methyl sites for hydroxylation is 2. The molecule has 0 spiro atoms. The summed E-state index contributed by atoms with van der Waals surface area (Å²) >= 11 is 0. The number of carbonyl (C=O) groups is 1. The van der Waals surface area contributed by atoms with Crippen molar-refractivity contribution in [2.45, 2.75) is 32.7 Å². The van der Waals surface area contributed by atoms with Crippen LogP contribution in [0.15, 0.2) is 24.4 Å². The molecule has 3 rings (SSSR count). The van der Waals surface area contributed by atoms with Crippen LogP contribution in [0.1, 0.15) is 40.8 Å². The average molecular weight is 270 g/mol. The molecule has 2 aromatic heterocycles. The summed E-state index contributed by atoms with van der Waals surface area (Å²) in [5.74, 6) is -0.137. The van der Waals surface area contributed by atoms with Gasteiger partial charge in [-0.3, -0.25) is 9.78 Å². The number of hydrogen-bond acceptors (Lipinski definition) is 3. The molecule has 1 aliphatic carbocycles. The van der Waals surface area contributed by atoms with Crippen molar-refractivity contribution in [3.05, 3.63) is 41.5 Å². The highest BCUT2D eigenvalue weighted by Crippen LogP contribution is 2.37. The van der Waals surface area contributed by atoms with Crippen LogP contribution in [0.5, 0.6) is 0 Å². The summed E-state index contributed by atoms with van der Waals surface area (Å²) in [4.78, 5) is 16.8. The summed E-state index contributed by atoms with van der Waals surface area (Å²) in [6.45, 7) is 3.81. The molecular formula is C15H18N4O. The maximum absolute atomic E-state index is 12.4. The summed E-state index contributed by atoms with van der Waals surface area (Å²) in [5, 5.41) is 2.91. The lowest BCUT2D eigenvalue weighted by atomic mass is 10.2. The standard InChI is InChI=1S/C15H18N4O/c1-9-3-6-13(10(2)17-9)18-15(20)14-7-11(16)8-19(14)12-4-5-12/h3,6-8,12H,4-5,16H2,1-2H3,(H,18,20). The summed E-state index contributed by atoms with van der Waals surface area (Å²) in [6.07, 6.45) is 4.06. The van der Waals surface area contributed by atoms with Gasteiger partial charge in [-0.15, -0.1) is 0 Å². The van der Waals surface area contributed by atoms with Crippen LogP contribution in [0, 0.1) is 13.8 Å². The minimum Gasteiger partial charge on any atom is -0.397 e. The summed E-state index contributed by atoms with van der Waals surface area (Å²) in [5.41, 5.74) is 9.54. The fourth-order valence-electron chi connectivity index (χ4n) is 2.34. The van der Waals surface area contributed by atoms with E-state index in [2.05, 4.69) is 10.3 Å². The second-order valence-electron chi connectivity index (χ2n) is 5.34. The largest absolute Gasteiger partial charge is 0.397 e. The number of hydrogen-bond donors (Lipinski definition) is 2. The highest BCUT2D eigenvalue weighted by molar-refractivity contribution is 6.04. The van der Waals surface area contributed by atoms with Gasteiger partial charge in [0.05, 0.1) is 17.1 Å². The minimum absolute atomic E-state index is 0.137. The van der Waals surface area contributed by atoms with Crippen molar-refractivity contribution in [2.75, 3.05) is 11.1 Å². The lowest BCUT2D eigenvalue weighted by Gasteiger charge is -2.10. The Hall–Kier alpha value is -2.30. The van der Waals surface area contributed by atoms with Gasteiger partial charge in [0.25, 0.3) is 5.91 Å². The zero-order valence-electron chi connectivity index (χ0n) is 11.7. The maximum Gasteiger partial charge on any atom is 0.272 e. The summed E-state index contributed by atoms with van der Waals surface area (Å²) in [7, 11) is 0. The van der Waals surface area contributed by atoms with Crippen LogP contribution in [0.4, 0.5) is 11.4 Å².